The van der Waals surface area contributed by atoms with Gasteiger partial charge in [0, 0.05) is 43.2 Å². The third-order valence-electron chi connectivity index (χ3n) is 4.35. The third-order valence-corrected chi connectivity index (χ3v) is 5.17. The number of hydrogen-bond acceptors (Lipinski definition) is 4. The van der Waals surface area contributed by atoms with Gasteiger partial charge < -0.3 is 15.5 Å². The van der Waals surface area contributed by atoms with Crippen molar-refractivity contribution in [2.45, 2.75) is 32.7 Å². The van der Waals surface area contributed by atoms with Gasteiger partial charge in [-0.2, -0.15) is 0 Å². The molecule has 0 radical (unpaired) electrons. The molecular formula is C18H24N4OS. The minimum absolute atomic E-state index is 0.110. The molecule has 5 nitrogen and oxygen atoms in total. The lowest BCUT2D eigenvalue weighted by atomic mass is 10.2. The summed E-state index contributed by atoms with van der Waals surface area (Å²) in [5.74, 6) is 0. The first-order valence-electron chi connectivity index (χ1n) is 8.41. The highest BCUT2D eigenvalue weighted by Gasteiger charge is 2.22. The van der Waals surface area contributed by atoms with E-state index in [2.05, 4.69) is 51.7 Å². The first-order chi connectivity index (χ1) is 11.6. The summed E-state index contributed by atoms with van der Waals surface area (Å²) < 4.78 is 0. The minimum atomic E-state index is -0.110. The summed E-state index contributed by atoms with van der Waals surface area (Å²) in [6, 6.07) is 8.67. The summed E-state index contributed by atoms with van der Waals surface area (Å²) in [5.41, 5.74) is 3.73. The topological polar surface area (TPSA) is 57.3 Å². The Morgan fingerprint density at radius 3 is 3.00 bits per heavy atom. The molecule has 3 rings (SSSR count). The molecule has 1 aromatic heterocycles. The summed E-state index contributed by atoms with van der Waals surface area (Å²) in [5, 5.41) is 8.98. The fraction of sp³-hybridized carbons (Fsp3) is 0.444. The van der Waals surface area contributed by atoms with Crippen molar-refractivity contribution < 1.29 is 4.79 Å². The summed E-state index contributed by atoms with van der Waals surface area (Å²) in [6.07, 6.45) is 1.85. The van der Waals surface area contributed by atoms with Gasteiger partial charge in [-0.3, -0.25) is 0 Å². The van der Waals surface area contributed by atoms with E-state index in [0.29, 0.717) is 13.1 Å². The van der Waals surface area contributed by atoms with Crippen LogP contribution in [0.4, 0.5) is 10.5 Å². The number of nitrogens with one attached hydrogen (secondary N) is 2. The van der Waals surface area contributed by atoms with Gasteiger partial charge in [0.05, 0.1) is 10.7 Å². The van der Waals surface area contributed by atoms with Crippen molar-refractivity contribution >= 4 is 23.1 Å². The molecule has 1 atom stereocenters. The molecular weight excluding hydrogens is 320 g/mol. The smallest absolute Gasteiger partial charge is 0.314 e. The average Bonchev–Trinajstić information content (AvgIpc) is 3.19. The van der Waals surface area contributed by atoms with E-state index in [0.717, 1.165) is 30.1 Å². The Kier molecular flexibility index (Phi) is 5.35. The van der Waals surface area contributed by atoms with Crippen LogP contribution in [0.25, 0.3) is 0 Å². The number of anilines is 1. The van der Waals surface area contributed by atoms with E-state index < -0.39 is 0 Å². The van der Waals surface area contributed by atoms with Crippen LogP contribution in [0.2, 0.25) is 0 Å². The molecule has 128 valence electrons. The molecule has 0 saturated carbocycles. The molecule has 2 amide bonds. The van der Waals surface area contributed by atoms with Crippen LogP contribution in [0.5, 0.6) is 0 Å². The van der Waals surface area contributed by atoms with Crippen molar-refractivity contribution in [3.8, 4) is 0 Å². The van der Waals surface area contributed by atoms with Gasteiger partial charge in [0.25, 0.3) is 0 Å². The maximum absolute atomic E-state index is 11.9. The highest BCUT2D eigenvalue weighted by Crippen LogP contribution is 2.28. The number of fused-ring (bicyclic) bond motifs is 1. The number of para-hydroxylation sites is 1. The van der Waals surface area contributed by atoms with Crippen molar-refractivity contribution in [1.82, 2.24) is 15.6 Å². The van der Waals surface area contributed by atoms with Crippen LogP contribution in [0, 0.1) is 6.92 Å². The fourth-order valence-corrected chi connectivity index (χ4v) is 3.71. The molecule has 1 aromatic carbocycles. The quantitative estimate of drug-likeness (QED) is 0.847. The number of carbonyl (C=O) groups excluding carboxylic acids is 1. The molecule has 1 aliphatic heterocycles. The Morgan fingerprint density at radius 2 is 2.21 bits per heavy atom. The number of rotatable bonds is 6. The fourth-order valence-electron chi connectivity index (χ4n) is 3.06. The Labute approximate surface area is 147 Å². The summed E-state index contributed by atoms with van der Waals surface area (Å²) >= 11 is 1.64. The van der Waals surface area contributed by atoms with Crippen molar-refractivity contribution in [2.75, 3.05) is 24.5 Å². The van der Waals surface area contributed by atoms with Crippen LogP contribution in [-0.2, 0) is 12.8 Å². The number of aromatic nitrogens is 1. The standard InChI is InChI=1S/C18H24N4OS/c1-13(22-10-8-15-5-3-4-6-17(15)22)11-20-18(23)19-9-7-16-12-24-14(2)21-16/h3-6,12-13H,7-11H2,1-2H3,(H2,19,20,23)/t13-/m1/s1. The van der Waals surface area contributed by atoms with Gasteiger partial charge in [-0.25, -0.2) is 9.78 Å². The van der Waals surface area contributed by atoms with E-state index in [1.807, 2.05) is 12.3 Å². The van der Waals surface area contributed by atoms with Crippen LogP contribution in [0.15, 0.2) is 29.6 Å². The van der Waals surface area contributed by atoms with Crippen LogP contribution < -0.4 is 15.5 Å². The van der Waals surface area contributed by atoms with Gasteiger partial charge in [-0.15, -0.1) is 11.3 Å². The largest absolute Gasteiger partial charge is 0.366 e. The van der Waals surface area contributed by atoms with Crippen molar-refractivity contribution in [3.05, 3.63) is 45.9 Å². The third kappa shape index (κ3) is 4.06. The molecule has 2 heterocycles. The lowest BCUT2D eigenvalue weighted by molar-refractivity contribution is 0.240. The molecule has 2 aromatic rings. The number of amides is 2. The highest BCUT2D eigenvalue weighted by molar-refractivity contribution is 7.09. The Hall–Kier alpha value is -2.08. The molecule has 0 bridgehead atoms. The second-order valence-electron chi connectivity index (χ2n) is 6.17. The average molecular weight is 344 g/mol. The zero-order valence-corrected chi connectivity index (χ0v) is 15.0. The zero-order valence-electron chi connectivity index (χ0n) is 14.2. The number of urea groups is 1. The number of thiazole rings is 1. The molecule has 0 saturated heterocycles. The predicted molar refractivity (Wildman–Crippen MR) is 98.9 cm³/mol. The number of carbonyl (C=O) groups is 1. The highest BCUT2D eigenvalue weighted by atomic mass is 32.1. The minimum Gasteiger partial charge on any atom is -0.366 e. The van der Waals surface area contributed by atoms with Crippen molar-refractivity contribution in [1.29, 1.82) is 0 Å². The molecule has 24 heavy (non-hydrogen) atoms. The maximum Gasteiger partial charge on any atom is 0.314 e. The second-order valence-corrected chi connectivity index (χ2v) is 7.23. The summed E-state index contributed by atoms with van der Waals surface area (Å²) in [7, 11) is 0. The monoisotopic (exact) mass is 344 g/mol. The maximum atomic E-state index is 11.9. The molecule has 0 fully saturated rings. The normalized spacial score (nSPS) is 14.3. The van der Waals surface area contributed by atoms with Crippen molar-refractivity contribution in [2.24, 2.45) is 0 Å². The first-order valence-corrected chi connectivity index (χ1v) is 9.28. The Morgan fingerprint density at radius 1 is 1.38 bits per heavy atom. The molecule has 6 heteroatoms. The van der Waals surface area contributed by atoms with Crippen molar-refractivity contribution in [3.63, 3.8) is 0 Å². The number of aryl methyl sites for hydroxylation is 1. The van der Waals surface area contributed by atoms with Gasteiger partial charge >= 0.3 is 6.03 Å². The van der Waals surface area contributed by atoms with Gasteiger partial charge in [-0.05, 0) is 31.9 Å². The number of hydrogen-bond donors (Lipinski definition) is 2. The van der Waals surface area contributed by atoms with E-state index in [9.17, 15) is 4.79 Å². The number of nitrogens with zero attached hydrogens (tertiary/aromatic N) is 2. The van der Waals surface area contributed by atoms with Gasteiger partial charge in [0.15, 0.2) is 0 Å². The molecule has 1 aliphatic rings. The van der Waals surface area contributed by atoms with Gasteiger partial charge in [-0.1, -0.05) is 18.2 Å². The van der Waals surface area contributed by atoms with Gasteiger partial charge in [0.2, 0.25) is 0 Å². The van der Waals surface area contributed by atoms with Crippen LogP contribution in [0.3, 0.4) is 0 Å². The lowest BCUT2D eigenvalue weighted by Crippen LogP contribution is -2.45. The predicted octanol–water partition coefficient (Wildman–Crippen LogP) is 2.74. The van der Waals surface area contributed by atoms with E-state index in [1.54, 1.807) is 11.3 Å². The summed E-state index contributed by atoms with van der Waals surface area (Å²) in [6.45, 7) is 6.41. The lowest BCUT2D eigenvalue weighted by Gasteiger charge is -2.27. The van der Waals surface area contributed by atoms with E-state index in [-0.39, 0.29) is 12.1 Å². The SMILES string of the molecule is Cc1nc(CCNC(=O)NC[C@@H](C)N2CCc3ccccc32)cs1. The van der Waals surface area contributed by atoms with Crippen LogP contribution >= 0.6 is 11.3 Å². The van der Waals surface area contributed by atoms with E-state index >= 15 is 0 Å². The Bertz CT molecular complexity index is 700. The van der Waals surface area contributed by atoms with Gasteiger partial charge in [0.1, 0.15) is 0 Å². The first kappa shape index (κ1) is 16.8. The summed E-state index contributed by atoms with van der Waals surface area (Å²) in [4.78, 5) is 18.7. The van der Waals surface area contributed by atoms with E-state index in [1.165, 1.54) is 11.3 Å². The number of benzene rings is 1. The van der Waals surface area contributed by atoms with Crippen LogP contribution in [0.1, 0.15) is 23.2 Å². The zero-order chi connectivity index (χ0) is 16.9. The molecule has 0 unspecified atom stereocenters. The Balaban J connectivity index is 1.40. The van der Waals surface area contributed by atoms with Crippen LogP contribution in [-0.4, -0.2) is 36.7 Å². The molecule has 2 N–H and O–H groups in total. The molecule has 0 aliphatic carbocycles. The second kappa shape index (κ2) is 7.66. The molecule has 0 spiro atoms. The van der Waals surface area contributed by atoms with E-state index in [4.69, 9.17) is 0 Å².